The average molecular weight is 512 g/mol. The second-order valence-electron chi connectivity index (χ2n) is 8.58. The fraction of sp³-hybridized carbons (Fsp3) is 0.346. The number of carbonyl (C=O) groups excluding carboxylic acids is 1. The second-order valence-corrected chi connectivity index (χ2v) is 10.0. The number of ether oxygens (including phenoxy) is 1. The molecule has 0 bridgehead atoms. The maximum atomic E-state index is 13.6. The van der Waals surface area contributed by atoms with Crippen LogP contribution in [-0.4, -0.2) is 30.2 Å². The van der Waals surface area contributed by atoms with Gasteiger partial charge in [-0.05, 0) is 56.9 Å². The number of benzene rings is 1. The standard InChI is InChI=1S/C26H26ClN3O4S/c1-3-33-25(32)22-16(2)28-26-30(23(22)17-7-9-18(27)10-8-17)24(31)20(35-26)15-19-11-12-21(34-19)29-13-5-4-6-14-29/h7-12,15,23H,3-6,13-14H2,1-2H3/t23-/m1/s1. The van der Waals surface area contributed by atoms with E-state index in [2.05, 4.69) is 9.89 Å². The van der Waals surface area contributed by atoms with Gasteiger partial charge in [0.15, 0.2) is 10.7 Å². The van der Waals surface area contributed by atoms with Crippen LogP contribution in [0, 0.1) is 0 Å². The summed E-state index contributed by atoms with van der Waals surface area (Å²) in [6.07, 6.45) is 5.30. The van der Waals surface area contributed by atoms with Gasteiger partial charge in [0, 0.05) is 30.3 Å². The molecule has 0 N–H and O–H groups in total. The number of anilines is 1. The third-order valence-corrected chi connectivity index (χ3v) is 7.49. The molecule has 0 unspecified atom stereocenters. The summed E-state index contributed by atoms with van der Waals surface area (Å²) in [5, 5.41) is 0.571. The number of esters is 1. The molecule has 4 heterocycles. The van der Waals surface area contributed by atoms with Gasteiger partial charge in [0.2, 0.25) is 0 Å². The van der Waals surface area contributed by atoms with Crippen molar-refractivity contribution in [1.29, 1.82) is 0 Å². The quantitative estimate of drug-likeness (QED) is 0.483. The Bertz CT molecular complexity index is 1460. The van der Waals surface area contributed by atoms with Crippen LogP contribution in [0.3, 0.4) is 0 Å². The third-order valence-electron chi connectivity index (χ3n) is 6.26. The Hall–Kier alpha value is -3.10. The number of fused-ring (bicyclic) bond motifs is 1. The Labute approximate surface area is 211 Å². The number of aromatic nitrogens is 1. The molecule has 5 rings (SSSR count). The molecular formula is C26H26ClN3O4S. The first-order valence-electron chi connectivity index (χ1n) is 11.8. The molecule has 1 fully saturated rings. The lowest BCUT2D eigenvalue weighted by atomic mass is 9.96. The van der Waals surface area contributed by atoms with E-state index in [-0.39, 0.29) is 12.2 Å². The van der Waals surface area contributed by atoms with Crippen LogP contribution in [0.25, 0.3) is 6.08 Å². The molecule has 7 nitrogen and oxygen atoms in total. The zero-order valence-corrected chi connectivity index (χ0v) is 21.2. The minimum atomic E-state index is -0.662. The SMILES string of the molecule is CCOC(=O)C1=C(C)N=c2sc(=Cc3ccc(N4CCCCC4)o3)c(=O)n2[C@@H]1c1ccc(Cl)cc1. The van der Waals surface area contributed by atoms with Gasteiger partial charge in [-0.3, -0.25) is 9.36 Å². The Morgan fingerprint density at radius 2 is 1.94 bits per heavy atom. The van der Waals surface area contributed by atoms with E-state index in [0.29, 0.717) is 31.4 Å². The van der Waals surface area contributed by atoms with Crippen molar-refractivity contribution in [3.8, 4) is 0 Å². The van der Waals surface area contributed by atoms with E-state index < -0.39 is 12.0 Å². The van der Waals surface area contributed by atoms with Crippen molar-refractivity contribution in [2.75, 3.05) is 24.6 Å². The van der Waals surface area contributed by atoms with Gasteiger partial charge in [0.1, 0.15) is 5.76 Å². The van der Waals surface area contributed by atoms with Crippen LogP contribution in [0.1, 0.15) is 50.5 Å². The van der Waals surface area contributed by atoms with Crippen LogP contribution in [0.15, 0.2) is 61.9 Å². The highest BCUT2D eigenvalue weighted by Gasteiger charge is 2.33. The van der Waals surface area contributed by atoms with Crippen LogP contribution >= 0.6 is 22.9 Å². The van der Waals surface area contributed by atoms with Crippen LogP contribution in [0.5, 0.6) is 0 Å². The maximum absolute atomic E-state index is 13.6. The molecule has 2 aliphatic rings. The molecule has 0 radical (unpaired) electrons. The van der Waals surface area contributed by atoms with Crippen molar-refractivity contribution in [1.82, 2.24) is 4.57 Å². The number of halogens is 1. The molecule has 1 aromatic carbocycles. The number of nitrogens with zero attached hydrogens (tertiary/aromatic N) is 3. The number of carbonyl (C=O) groups is 1. The van der Waals surface area contributed by atoms with E-state index >= 15 is 0 Å². The van der Waals surface area contributed by atoms with Crippen LogP contribution in [-0.2, 0) is 9.53 Å². The number of furan rings is 1. The fourth-order valence-electron chi connectivity index (χ4n) is 4.59. The Kier molecular flexibility index (Phi) is 6.67. The highest BCUT2D eigenvalue weighted by Crippen LogP contribution is 2.31. The smallest absolute Gasteiger partial charge is 0.338 e. The number of hydrogen-bond donors (Lipinski definition) is 0. The van der Waals surface area contributed by atoms with Crippen LogP contribution in [0.2, 0.25) is 5.02 Å². The normalized spacial score (nSPS) is 18.4. The monoisotopic (exact) mass is 511 g/mol. The lowest BCUT2D eigenvalue weighted by molar-refractivity contribution is -0.139. The molecule has 182 valence electrons. The molecule has 0 amide bonds. The van der Waals surface area contributed by atoms with Gasteiger partial charge >= 0.3 is 5.97 Å². The predicted molar refractivity (Wildman–Crippen MR) is 137 cm³/mol. The van der Waals surface area contributed by atoms with Gasteiger partial charge < -0.3 is 14.1 Å². The molecule has 1 saturated heterocycles. The minimum absolute atomic E-state index is 0.227. The van der Waals surface area contributed by atoms with Crippen LogP contribution in [0.4, 0.5) is 5.88 Å². The molecule has 1 atom stereocenters. The molecule has 2 aliphatic heterocycles. The molecular weight excluding hydrogens is 486 g/mol. The number of allylic oxidation sites excluding steroid dienone is 1. The number of hydrogen-bond acceptors (Lipinski definition) is 7. The van der Waals surface area contributed by atoms with Crippen LogP contribution < -0.4 is 19.8 Å². The van der Waals surface area contributed by atoms with Gasteiger partial charge in [0.25, 0.3) is 5.56 Å². The highest BCUT2D eigenvalue weighted by molar-refractivity contribution is 7.07. The summed E-state index contributed by atoms with van der Waals surface area (Å²) in [7, 11) is 0. The summed E-state index contributed by atoms with van der Waals surface area (Å²) in [5.74, 6) is 0.948. The van der Waals surface area contributed by atoms with E-state index in [1.54, 1.807) is 36.6 Å². The van der Waals surface area contributed by atoms with Gasteiger partial charge in [-0.15, -0.1) is 0 Å². The van der Waals surface area contributed by atoms with Crippen molar-refractivity contribution in [3.05, 3.63) is 83.7 Å². The minimum Gasteiger partial charge on any atom is -0.463 e. The van der Waals surface area contributed by atoms with E-state index in [0.717, 1.165) is 37.4 Å². The van der Waals surface area contributed by atoms with Gasteiger partial charge in [-0.2, -0.15) is 0 Å². The summed E-state index contributed by atoms with van der Waals surface area (Å²) in [4.78, 5) is 33.9. The Balaban J connectivity index is 1.60. The van der Waals surface area contributed by atoms with Gasteiger partial charge in [-0.1, -0.05) is 35.1 Å². The van der Waals surface area contributed by atoms with Crippen molar-refractivity contribution >= 4 is 40.9 Å². The van der Waals surface area contributed by atoms with Crippen molar-refractivity contribution < 1.29 is 13.9 Å². The summed E-state index contributed by atoms with van der Waals surface area (Å²) < 4.78 is 13.4. The zero-order chi connectivity index (χ0) is 24.5. The molecule has 0 saturated carbocycles. The predicted octanol–water partition coefficient (Wildman–Crippen LogP) is 4.04. The fourth-order valence-corrected chi connectivity index (χ4v) is 5.74. The first-order valence-corrected chi connectivity index (χ1v) is 13.0. The first-order chi connectivity index (χ1) is 17.0. The van der Waals surface area contributed by atoms with E-state index in [4.69, 9.17) is 20.8 Å². The Morgan fingerprint density at radius 3 is 2.66 bits per heavy atom. The summed E-state index contributed by atoms with van der Waals surface area (Å²) in [6, 6.07) is 10.3. The second kappa shape index (κ2) is 9.87. The summed E-state index contributed by atoms with van der Waals surface area (Å²) in [6.45, 7) is 5.70. The van der Waals surface area contributed by atoms with E-state index in [9.17, 15) is 9.59 Å². The van der Waals surface area contributed by atoms with Crippen molar-refractivity contribution in [2.45, 2.75) is 39.2 Å². The number of thiazole rings is 1. The largest absolute Gasteiger partial charge is 0.463 e. The molecule has 0 spiro atoms. The Morgan fingerprint density at radius 1 is 1.20 bits per heavy atom. The molecule has 3 aromatic rings. The molecule has 2 aromatic heterocycles. The summed E-state index contributed by atoms with van der Waals surface area (Å²) in [5.41, 5.74) is 1.39. The van der Waals surface area contributed by atoms with Gasteiger partial charge in [0.05, 0.1) is 28.5 Å². The topological polar surface area (TPSA) is 77.0 Å². The lowest BCUT2D eigenvalue weighted by Gasteiger charge is -2.25. The number of piperidine rings is 1. The highest BCUT2D eigenvalue weighted by atomic mass is 35.5. The molecule has 35 heavy (non-hydrogen) atoms. The van der Waals surface area contributed by atoms with Gasteiger partial charge in [-0.25, -0.2) is 9.79 Å². The maximum Gasteiger partial charge on any atom is 0.338 e. The summed E-state index contributed by atoms with van der Waals surface area (Å²) >= 11 is 7.38. The van der Waals surface area contributed by atoms with Crippen molar-refractivity contribution in [2.24, 2.45) is 4.99 Å². The molecule has 9 heteroatoms. The number of rotatable bonds is 5. The zero-order valence-electron chi connectivity index (χ0n) is 19.6. The van der Waals surface area contributed by atoms with E-state index in [1.807, 2.05) is 24.3 Å². The first kappa shape index (κ1) is 23.6. The molecule has 0 aliphatic carbocycles. The third kappa shape index (κ3) is 4.60. The lowest BCUT2D eigenvalue weighted by Crippen LogP contribution is -2.39. The average Bonchev–Trinajstić information content (AvgIpc) is 3.44. The van der Waals surface area contributed by atoms with E-state index in [1.165, 1.54) is 17.8 Å². The van der Waals surface area contributed by atoms with Crippen molar-refractivity contribution in [3.63, 3.8) is 0 Å².